The van der Waals surface area contributed by atoms with Gasteiger partial charge in [-0.1, -0.05) is 48.0 Å². The van der Waals surface area contributed by atoms with E-state index in [1.807, 2.05) is 0 Å². The van der Waals surface area contributed by atoms with Gasteiger partial charge in [-0.05, 0) is 93.8 Å². The molecule has 1 aliphatic rings. The number of nitrogens with zero attached hydrogens (tertiary/aromatic N) is 1. The number of rotatable bonds is 11. The highest BCUT2D eigenvalue weighted by Crippen LogP contribution is 2.38. The number of anilines is 2. The highest BCUT2D eigenvalue weighted by molar-refractivity contribution is 8.00. The summed E-state index contributed by atoms with van der Waals surface area (Å²) in [6.45, 7) is 7.89. The molecule has 0 saturated carbocycles. The van der Waals surface area contributed by atoms with Gasteiger partial charge >= 0.3 is 12.1 Å². The van der Waals surface area contributed by atoms with E-state index in [-0.39, 0.29) is 30.5 Å². The van der Waals surface area contributed by atoms with Crippen LogP contribution in [0.5, 0.6) is 0 Å². The van der Waals surface area contributed by atoms with Gasteiger partial charge < -0.3 is 30.3 Å². The van der Waals surface area contributed by atoms with Crippen molar-refractivity contribution in [2.24, 2.45) is 0 Å². The van der Waals surface area contributed by atoms with Gasteiger partial charge in [-0.2, -0.15) is 0 Å². The number of carbonyl (C=O) groups excluding carboxylic acids is 5. The van der Waals surface area contributed by atoms with Crippen LogP contribution in [0.25, 0.3) is 6.08 Å². The first kappa shape index (κ1) is 39.1. The molecule has 0 aliphatic carbocycles. The molecule has 0 bridgehead atoms. The number of amides is 4. The molecule has 4 amide bonds. The molecule has 11 nitrogen and oxygen atoms in total. The number of benzene rings is 3. The molecule has 0 saturated heterocycles. The van der Waals surface area contributed by atoms with E-state index >= 15 is 0 Å². The maximum absolute atomic E-state index is 13.5. The van der Waals surface area contributed by atoms with Crippen LogP contribution in [0, 0.1) is 0 Å². The Bertz CT molecular complexity index is 2030. The van der Waals surface area contributed by atoms with Crippen molar-refractivity contribution in [3.05, 3.63) is 117 Å². The van der Waals surface area contributed by atoms with E-state index in [0.29, 0.717) is 50.3 Å². The first-order valence-corrected chi connectivity index (χ1v) is 18.9. The van der Waals surface area contributed by atoms with Crippen LogP contribution in [0.4, 0.5) is 15.5 Å². The lowest BCUT2D eigenvalue weighted by Gasteiger charge is -2.30. The Morgan fingerprint density at radius 2 is 1.70 bits per heavy atom. The number of carbonyl (C=O) groups is 5. The topological polar surface area (TPSA) is 143 Å². The van der Waals surface area contributed by atoms with Gasteiger partial charge in [0.2, 0.25) is 5.91 Å². The van der Waals surface area contributed by atoms with Crippen LogP contribution in [0.3, 0.4) is 0 Å². The number of halogens is 1. The van der Waals surface area contributed by atoms with Crippen LogP contribution >= 0.6 is 34.7 Å². The Hall–Kier alpha value is -5.11. The number of ether oxygens (including phenoxy) is 2. The quantitative estimate of drug-likeness (QED) is 0.0791. The normalized spacial score (nSPS) is 12.7. The summed E-state index contributed by atoms with van der Waals surface area (Å²) in [7, 11) is 0. The number of fused-ring (bicyclic) bond motifs is 1. The van der Waals surface area contributed by atoms with E-state index in [0.717, 1.165) is 10.4 Å². The molecular weight excluding hydrogens is 736 g/mol. The Labute approximate surface area is 321 Å². The van der Waals surface area contributed by atoms with Crippen molar-refractivity contribution >= 4 is 81.2 Å². The Morgan fingerprint density at radius 1 is 0.962 bits per heavy atom. The molecule has 14 heteroatoms. The second-order valence-corrected chi connectivity index (χ2v) is 15.4. The third-order valence-electron chi connectivity index (χ3n) is 7.61. The van der Waals surface area contributed by atoms with Crippen molar-refractivity contribution in [3.63, 3.8) is 0 Å². The fourth-order valence-electron chi connectivity index (χ4n) is 5.23. The first-order chi connectivity index (χ1) is 25.3. The molecule has 3 aromatic carbocycles. The summed E-state index contributed by atoms with van der Waals surface area (Å²) in [4.78, 5) is 68.6. The van der Waals surface area contributed by atoms with Crippen molar-refractivity contribution in [2.45, 2.75) is 51.2 Å². The summed E-state index contributed by atoms with van der Waals surface area (Å²) in [5, 5.41) is 9.32. The third kappa shape index (κ3) is 11.0. The number of thioether (sulfide) groups is 1. The second kappa shape index (κ2) is 17.6. The monoisotopic (exact) mass is 774 g/mol. The minimum Gasteiger partial charge on any atom is -0.462 e. The van der Waals surface area contributed by atoms with Gasteiger partial charge in [0.25, 0.3) is 11.8 Å². The summed E-state index contributed by atoms with van der Waals surface area (Å²) in [5.41, 5.74) is 1.92. The zero-order valence-electron chi connectivity index (χ0n) is 29.6. The Balaban J connectivity index is 1.26. The zero-order chi connectivity index (χ0) is 38.1. The summed E-state index contributed by atoms with van der Waals surface area (Å²) < 4.78 is 10.9. The average Bonchev–Trinajstić information content (AvgIpc) is 3.48. The minimum absolute atomic E-state index is 0.00111. The summed E-state index contributed by atoms with van der Waals surface area (Å²) >= 11 is 8.51. The van der Waals surface area contributed by atoms with Crippen LogP contribution in [-0.2, 0) is 32.0 Å². The largest absolute Gasteiger partial charge is 0.462 e. The van der Waals surface area contributed by atoms with E-state index < -0.39 is 29.5 Å². The molecule has 4 aromatic rings. The maximum atomic E-state index is 13.5. The van der Waals surface area contributed by atoms with Crippen molar-refractivity contribution in [3.8, 4) is 0 Å². The zero-order valence-corrected chi connectivity index (χ0v) is 32.0. The maximum Gasteiger partial charge on any atom is 0.410 e. The Kier molecular flexibility index (Phi) is 13.0. The molecule has 0 atom stereocenters. The lowest BCUT2D eigenvalue weighted by Crippen LogP contribution is -2.39. The van der Waals surface area contributed by atoms with Gasteiger partial charge in [-0.15, -0.1) is 23.1 Å². The van der Waals surface area contributed by atoms with Gasteiger partial charge in [-0.25, -0.2) is 9.59 Å². The summed E-state index contributed by atoms with van der Waals surface area (Å²) in [5.74, 6) is -1.89. The second-order valence-electron chi connectivity index (χ2n) is 12.8. The highest BCUT2D eigenvalue weighted by atomic mass is 35.5. The standard InChI is InChI=1S/C39H39ClN4O7S2/c1-5-50-37(48)33-29-18-19-44(38(49)51-39(2,3)4)22-31(29)53-36(33)43-32(45)23-52-28-13-9-12-27(21-28)41-35(47)30(20-24-14-16-26(40)17-15-24)42-34(46)25-10-7-6-8-11-25/h6-17,20-21H,5,18-19,22-23H2,1-4H3,(H,41,47)(H,42,46)(H,43,45)/b30-20+. The number of hydrogen-bond acceptors (Lipinski definition) is 9. The fraction of sp³-hybridized carbons (Fsp3) is 0.256. The molecule has 2 heterocycles. The number of nitrogens with one attached hydrogen (secondary N) is 3. The molecule has 0 fully saturated rings. The van der Waals surface area contributed by atoms with Gasteiger partial charge in [0.1, 0.15) is 16.3 Å². The van der Waals surface area contributed by atoms with Gasteiger partial charge in [-0.3, -0.25) is 14.4 Å². The summed E-state index contributed by atoms with van der Waals surface area (Å²) in [6.07, 6.45) is 1.52. The molecule has 0 unspecified atom stereocenters. The molecule has 0 spiro atoms. The predicted molar refractivity (Wildman–Crippen MR) is 208 cm³/mol. The van der Waals surface area contributed by atoms with Crippen molar-refractivity contribution in [2.75, 3.05) is 29.5 Å². The highest BCUT2D eigenvalue weighted by Gasteiger charge is 2.32. The first-order valence-electron chi connectivity index (χ1n) is 16.8. The predicted octanol–water partition coefficient (Wildman–Crippen LogP) is 8.01. The lowest BCUT2D eigenvalue weighted by atomic mass is 10.0. The van der Waals surface area contributed by atoms with Crippen LogP contribution in [0.2, 0.25) is 5.02 Å². The Morgan fingerprint density at radius 3 is 2.40 bits per heavy atom. The van der Waals surface area contributed by atoms with E-state index in [1.165, 1.54) is 23.1 Å². The van der Waals surface area contributed by atoms with E-state index in [4.69, 9.17) is 21.1 Å². The van der Waals surface area contributed by atoms with Crippen LogP contribution in [-0.4, -0.2) is 59.2 Å². The molecule has 1 aromatic heterocycles. The number of esters is 1. The molecule has 0 radical (unpaired) electrons. The van der Waals surface area contributed by atoms with Gasteiger partial charge in [0.15, 0.2) is 0 Å². The number of thiophene rings is 1. The van der Waals surface area contributed by atoms with E-state index in [1.54, 1.807) is 118 Å². The van der Waals surface area contributed by atoms with Gasteiger partial charge in [0, 0.05) is 32.6 Å². The van der Waals surface area contributed by atoms with Crippen LogP contribution in [0.1, 0.15) is 64.4 Å². The molecule has 1 aliphatic heterocycles. The lowest BCUT2D eigenvalue weighted by molar-refractivity contribution is -0.114. The third-order valence-corrected chi connectivity index (χ3v) is 9.99. The summed E-state index contributed by atoms with van der Waals surface area (Å²) in [6, 6.07) is 22.3. The average molecular weight is 775 g/mol. The van der Waals surface area contributed by atoms with Gasteiger partial charge in [0.05, 0.1) is 24.5 Å². The molecular formula is C39H39ClN4O7S2. The van der Waals surface area contributed by atoms with Crippen molar-refractivity contribution < 1.29 is 33.4 Å². The smallest absolute Gasteiger partial charge is 0.410 e. The van der Waals surface area contributed by atoms with E-state index in [9.17, 15) is 24.0 Å². The SMILES string of the molecule is CCOC(=O)c1c(NC(=O)CSc2cccc(NC(=O)/C(=C\c3ccc(Cl)cc3)NC(=O)c3ccccc3)c2)sc2c1CCN(C(=O)OC(C)(C)C)C2. The molecule has 276 valence electrons. The van der Waals surface area contributed by atoms with Crippen molar-refractivity contribution in [1.29, 1.82) is 0 Å². The van der Waals surface area contributed by atoms with E-state index in [2.05, 4.69) is 16.0 Å². The van der Waals surface area contributed by atoms with Crippen molar-refractivity contribution in [1.82, 2.24) is 10.2 Å². The fourth-order valence-corrected chi connectivity index (χ4v) is 7.38. The van der Waals surface area contributed by atoms with Crippen LogP contribution < -0.4 is 16.0 Å². The van der Waals surface area contributed by atoms with Crippen LogP contribution in [0.15, 0.2) is 89.5 Å². The minimum atomic E-state index is -0.650. The molecule has 5 rings (SSSR count). The number of hydrogen-bond donors (Lipinski definition) is 3. The molecule has 3 N–H and O–H groups in total. The molecule has 53 heavy (non-hydrogen) atoms.